The number of carbonyl (C=O) groups is 1. The van der Waals surface area contributed by atoms with Crippen LogP contribution in [0.25, 0.3) is 0 Å². The first-order valence-corrected chi connectivity index (χ1v) is 9.52. The quantitative estimate of drug-likeness (QED) is 0.909. The zero-order chi connectivity index (χ0) is 17.1. The standard InChI is InChI=1S/C20H26N4O/c25-20(22-19-12-18(13-19)16-4-2-1-3-5-16)17-8-6-15(7-9-17)14-24-11-10-21-23-24/h6-11,16,18-19H,1-5,12-14H2,(H,22,25). The van der Waals surface area contributed by atoms with Crippen LogP contribution in [0.3, 0.4) is 0 Å². The first-order chi connectivity index (χ1) is 12.3. The zero-order valence-electron chi connectivity index (χ0n) is 14.6. The minimum atomic E-state index is 0.0550. The summed E-state index contributed by atoms with van der Waals surface area (Å²) < 4.78 is 1.77. The van der Waals surface area contributed by atoms with Gasteiger partial charge in [0.15, 0.2) is 0 Å². The normalized spacial score (nSPS) is 23.8. The number of nitrogens with one attached hydrogen (secondary N) is 1. The van der Waals surface area contributed by atoms with E-state index in [2.05, 4.69) is 15.6 Å². The van der Waals surface area contributed by atoms with Crippen molar-refractivity contribution in [3.05, 3.63) is 47.8 Å². The van der Waals surface area contributed by atoms with Gasteiger partial charge in [-0.2, -0.15) is 0 Å². The molecule has 0 radical (unpaired) electrons. The van der Waals surface area contributed by atoms with E-state index in [0.717, 1.165) is 23.0 Å². The molecule has 1 aromatic heterocycles. The van der Waals surface area contributed by atoms with Gasteiger partial charge in [0, 0.05) is 17.8 Å². The molecule has 4 rings (SSSR count). The first kappa shape index (κ1) is 16.3. The lowest BCUT2D eigenvalue weighted by Crippen LogP contribution is -2.46. The molecule has 0 atom stereocenters. The lowest BCUT2D eigenvalue weighted by Gasteiger charge is -2.42. The minimum absolute atomic E-state index is 0.0550. The van der Waals surface area contributed by atoms with E-state index in [0.29, 0.717) is 12.6 Å². The predicted octanol–water partition coefficient (Wildman–Crippen LogP) is 3.42. The molecule has 1 aromatic carbocycles. The summed E-state index contributed by atoms with van der Waals surface area (Å²) in [5.41, 5.74) is 1.85. The van der Waals surface area contributed by atoms with Gasteiger partial charge in [0.05, 0.1) is 12.7 Å². The van der Waals surface area contributed by atoms with Crippen molar-refractivity contribution in [2.75, 3.05) is 0 Å². The fraction of sp³-hybridized carbons (Fsp3) is 0.550. The zero-order valence-corrected chi connectivity index (χ0v) is 14.6. The highest BCUT2D eigenvalue weighted by Crippen LogP contribution is 2.41. The van der Waals surface area contributed by atoms with E-state index in [9.17, 15) is 4.79 Å². The molecule has 2 aliphatic carbocycles. The van der Waals surface area contributed by atoms with Crippen molar-refractivity contribution in [2.24, 2.45) is 11.8 Å². The molecule has 1 heterocycles. The summed E-state index contributed by atoms with van der Waals surface area (Å²) in [7, 11) is 0. The van der Waals surface area contributed by atoms with E-state index < -0.39 is 0 Å². The number of carbonyl (C=O) groups excluding carboxylic acids is 1. The fourth-order valence-corrected chi connectivity index (χ4v) is 4.30. The lowest BCUT2D eigenvalue weighted by atomic mass is 9.67. The number of benzene rings is 1. The first-order valence-electron chi connectivity index (χ1n) is 9.52. The molecule has 2 saturated carbocycles. The summed E-state index contributed by atoms with van der Waals surface area (Å²) in [6, 6.07) is 8.15. The third-order valence-electron chi connectivity index (χ3n) is 5.86. The van der Waals surface area contributed by atoms with E-state index in [-0.39, 0.29) is 5.91 Å². The highest BCUT2D eigenvalue weighted by atomic mass is 16.1. The number of amides is 1. The van der Waals surface area contributed by atoms with Crippen molar-refractivity contribution in [1.82, 2.24) is 20.3 Å². The molecule has 1 amide bonds. The Kier molecular flexibility index (Phi) is 4.81. The molecular weight excluding hydrogens is 312 g/mol. The smallest absolute Gasteiger partial charge is 0.251 e. The van der Waals surface area contributed by atoms with Crippen molar-refractivity contribution in [3.8, 4) is 0 Å². The van der Waals surface area contributed by atoms with E-state index in [1.807, 2.05) is 30.5 Å². The number of nitrogens with zero attached hydrogens (tertiary/aromatic N) is 3. The molecule has 5 nitrogen and oxygen atoms in total. The molecular formula is C20H26N4O. The Hall–Kier alpha value is -2.17. The Morgan fingerprint density at radius 3 is 2.52 bits per heavy atom. The molecule has 0 saturated heterocycles. The van der Waals surface area contributed by atoms with Crippen LogP contribution in [0.4, 0.5) is 0 Å². The second-order valence-electron chi connectivity index (χ2n) is 7.60. The van der Waals surface area contributed by atoms with Gasteiger partial charge in [0.2, 0.25) is 0 Å². The molecule has 2 aromatic rings. The summed E-state index contributed by atoms with van der Waals surface area (Å²) in [4.78, 5) is 12.4. The minimum Gasteiger partial charge on any atom is -0.349 e. The largest absolute Gasteiger partial charge is 0.349 e. The van der Waals surface area contributed by atoms with E-state index in [4.69, 9.17) is 0 Å². The molecule has 1 N–H and O–H groups in total. The van der Waals surface area contributed by atoms with Crippen LogP contribution >= 0.6 is 0 Å². The molecule has 0 aliphatic heterocycles. The maximum absolute atomic E-state index is 12.4. The van der Waals surface area contributed by atoms with Gasteiger partial charge >= 0.3 is 0 Å². The van der Waals surface area contributed by atoms with Gasteiger partial charge in [-0.15, -0.1) is 5.10 Å². The second kappa shape index (κ2) is 7.38. The van der Waals surface area contributed by atoms with Gasteiger partial charge < -0.3 is 5.32 Å². The highest BCUT2D eigenvalue weighted by molar-refractivity contribution is 5.94. The summed E-state index contributed by atoms with van der Waals surface area (Å²) in [6.45, 7) is 0.674. The van der Waals surface area contributed by atoms with Gasteiger partial charge in [-0.25, -0.2) is 4.68 Å². The van der Waals surface area contributed by atoms with Crippen LogP contribution in [-0.4, -0.2) is 26.9 Å². The van der Waals surface area contributed by atoms with Crippen molar-refractivity contribution in [3.63, 3.8) is 0 Å². The van der Waals surface area contributed by atoms with Gasteiger partial charge in [0.25, 0.3) is 5.91 Å². The molecule has 2 fully saturated rings. The average molecular weight is 338 g/mol. The van der Waals surface area contributed by atoms with E-state index >= 15 is 0 Å². The molecule has 25 heavy (non-hydrogen) atoms. The number of rotatable bonds is 5. The molecule has 132 valence electrons. The Balaban J connectivity index is 1.26. The molecule has 5 heteroatoms. The van der Waals surface area contributed by atoms with E-state index in [1.165, 1.54) is 44.9 Å². The summed E-state index contributed by atoms with van der Waals surface area (Å²) in [6.07, 6.45) is 12.9. The summed E-state index contributed by atoms with van der Waals surface area (Å²) in [5.74, 6) is 1.81. The Morgan fingerprint density at radius 2 is 1.84 bits per heavy atom. The van der Waals surface area contributed by atoms with Crippen LogP contribution in [0.5, 0.6) is 0 Å². The van der Waals surface area contributed by atoms with Gasteiger partial charge in [-0.3, -0.25) is 4.79 Å². The van der Waals surface area contributed by atoms with Crippen molar-refractivity contribution < 1.29 is 4.79 Å². The van der Waals surface area contributed by atoms with Crippen LogP contribution in [0.2, 0.25) is 0 Å². The predicted molar refractivity (Wildman–Crippen MR) is 96.1 cm³/mol. The van der Waals surface area contributed by atoms with E-state index in [1.54, 1.807) is 10.9 Å². The van der Waals surface area contributed by atoms with Crippen LogP contribution in [0, 0.1) is 11.8 Å². The van der Waals surface area contributed by atoms with Crippen molar-refractivity contribution >= 4 is 5.91 Å². The maximum atomic E-state index is 12.4. The monoisotopic (exact) mass is 338 g/mol. The summed E-state index contributed by atoms with van der Waals surface area (Å²) in [5, 5.41) is 11.0. The van der Waals surface area contributed by atoms with Crippen molar-refractivity contribution in [1.29, 1.82) is 0 Å². The van der Waals surface area contributed by atoms with Crippen LogP contribution in [0.15, 0.2) is 36.7 Å². The topological polar surface area (TPSA) is 59.8 Å². The van der Waals surface area contributed by atoms with Crippen LogP contribution < -0.4 is 5.32 Å². The van der Waals surface area contributed by atoms with Crippen molar-refractivity contribution in [2.45, 2.75) is 57.5 Å². The van der Waals surface area contributed by atoms with Crippen LogP contribution in [0.1, 0.15) is 60.9 Å². The van der Waals surface area contributed by atoms with Gasteiger partial charge in [0.1, 0.15) is 0 Å². The summed E-state index contributed by atoms with van der Waals surface area (Å²) >= 11 is 0. The molecule has 0 unspecified atom stereocenters. The molecule has 0 bridgehead atoms. The number of aromatic nitrogens is 3. The fourth-order valence-electron chi connectivity index (χ4n) is 4.30. The highest BCUT2D eigenvalue weighted by Gasteiger charge is 2.36. The van der Waals surface area contributed by atoms with Gasteiger partial charge in [-0.05, 0) is 42.4 Å². The number of hydrogen-bond acceptors (Lipinski definition) is 3. The Morgan fingerprint density at radius 1 is 1.08 bits per heavy atom. The molecule has 0 spiro atoms. The third kappa shape index (κ3) is 3.91. The average Bonchev–Trinajstić information content (AvgIpc) is 3.12. The second-order valence-corrected chi connectivity index (χ2v) is 7.60. The Bertz CT molecular complexity index is 683. The molecule has 2 aliphatic rings. The maximum Gasteiger partial charge on any atom is 0.251 e. The lowest BCUT2D eigenvalue weighted by molar-refractivity contribution is 0.0811. The number of hydrogen-bond donors (Lipinski definition) is 1. The Labute approximate surface area is 148 Å². The SMILES string of the molecule is O=C(NC1CC(C2CCCCC2)C1)c1ccc(Cn2ccnn2)cc1. The third-order valence-corrected chi connectivity index (χ3v) is 5.86. The van der Waals surface area contributed by atoms with Gasteiger partial charge in [-0.1, -0.05) is 49.5 Å². The van der Waals surface area contributed by atoms with Crippen LogP contribution in [-0.2, 0) is 6.54 Å².